The van der Waals surface area contributed by atoms with Gasteiger partial charge in [0, 0.05) is 44.6 Å². The summed E-state index contributed by atoms with van der Waals surface area (Å²) in [5.41, 5.74) is 3.82. The molecule has 0 aliphatic heterocycles. The first-order valence-corrected chi connectivity index (χ1v) is 11.4. The molecule has 0 bridgehead atoms. The van der Waals surface area contributed by atoms with Gasteiger partial charge in [0.05, 0.1) is 4.90 Å². The number of carbonyl (C=O) groups excluding carboxylic acids is 1. The maximum atomic E-state index is 12.9. The fraction of sp³-hybridized carbons (Fsp3) is 0.208. The van der Waals surface area contributed by atoms with Crippen molar-refractivity contribution in [2.45, 2.75) is 18.4 Å². The van der Waals surface area contributed by atoms with Gasteiger partial charge in [0.15, 0.2) is 0 Å². The topological polar surface area (TPSA) is 69.7 Å². The molecule has 0 heterocycles. The average molecular weight is 438 g/mol. The van der Waals surface area contributed by atoms with E-state index in [1.54, 1.807) is 42.3 Å². The minimum atomic E-state index is -3.81. The van der Waals surface area contributed by atoms with E-state index in [9.17, 15) is 13.2 Å². The first kappa shape index (κ1) is 22.4. The van der Waals surface area contributed by atoms with Crippen molar-refractivity contribution in [1.29, 1.82) is 0 Å². The highest BCUT2D eigenvalue weighted by Crippen LogP contribution is 2.19. The van der Waals surface area contributed by atoms with Crippen molar-refractivity contribution >= 4 is 27.3 Å². The molecule has 0 aliphatic rings. The second-order valence-corrected chi connectivity index (χ2v) is 9.41. The molecule has 162 valence electrons. The second-order valence-electron chi connectivity index (χ2n) is 7.72. The SMILES string of the molecule is Cc1cccc(NS(=O)(=O)c2cccc(C(=O)N(C)Cc3ccc(N(C)C)cc3)c2)c1. The van der Waals surface area contributed by atoms with Crippen LogP contribution in [0.3, 0.4) is 0 Å². The lowest BCUT2D eigenvalue weighted by Gasteiger charge is -2.19. The predicted octanol–water partition coefficient (Wildman–Crippen LogP) is 4.13. The number of amides is 1. The van der Waals surface area contributed by atoms with Crippen LogP contribution in [0, 0.1) is 6.92 Å². The van der Waals surface area contributed by atoms with E-state index in [0.29, 0.717) is 17.8 Å². The molecule has 0 atom stereocenters. The Hall–Kier alpha value is -3.32. The van der Waals surface area contributed by atoms with Crippen LogP contribution in [-0.2, 0) is 16.6 Å². The van der Waals surface area contributed by atoms with E-state index in [1.807, 2.05) is 56.3 Å². The number of hydrogen-bond acceptors (Lipinski definition) is 4. The van der Waals surface area contributed by atoms with Gasteiger partial charge in [-0.15, -0.1) is 0 Å². The maximum absolute atomic E-state index is 12.9. The monoisotopic (exact) mass is 437 g/mol. The van der Waals surface area contributed by atoms with Gasteiger partial charge >= 0.3 is 0 Å². The summed E-state index contributed by atoms with van der Waals surface area (Å²) in [6.45, 7) is 2.31. The molecule has 0 unspecified atom stereocenters. The molecule has 1 N–H and O–H groups in total. The van der Waals surface area contributed by atoms with Gasteiger partial charge in [-0.2, -0.15) is 0 Å². The third-order valence-corrected chi connectivity index (χ3v) is 6.26. The quantitative estimate of drug-likeness (QED) is 0.603. The Balaban J connectivity index is 1.75. The number of nitrogens with one attached hydrogen (secondary N) is 1. The van der Waals surface area contributed by atoms with Crippen LogP contribution in [0.2, 0.25) is 0 Å². The Morgan fingerprint density at radius 2 is 1.58 bits per heavy atom. The lowest BCUT2D eigenvalue weighted by Crippen LogP contribution is -2.26. The van der Waals surface area contributed by atoms with E-state index < -0.39 is 10.0 Å². The summed E-state index contributed by atoms with van der Waals surface area (Å²) < 4.78 is 28.2. The molecule has 3 aromatic carbocycles. The first-order chi connectivity index (χ1) is 14.7. The Morgan fingerprint density at radius 3 is 2.23 bits per heavy atom. The van der Waals surface area contributed by atoms with Crippen molar-refractivity contribution in [2.75, 3.05) is 30.8 Å². The van der Waals surface area contributed by atoms with Crippen LogP contribution >= 0.6 is 0 Å². The molecule has 0 saturated carbocycles. The molecule has 0 saturated heterocycles. The van der Waals surface area contributed by atoms with Crippen molar-refractivity contribution in [3.05, 3.63) is 89.5 Å². The molecule has 3 aromatic rings. The van der Waals surface area contributed by atoms with Crippen LogP contribution in [0.4, 0.5) is 11.4 Å². The van der Waals surface area contributed by atoms with E-state index in [2.05, 4.69) is 4.72 Å². The van der Waals surface area contributed by atoms with Crippen LogP contribution in [0.15, 0.2) is 77.7 Å². The van der Waals surface area contributed by atoms with E-state index in [4.69, 9.17) is 0 Å². The highest BCUT2D eigenvalue weighted by molar-refractivity contribution is 7.92. The van der Waals surface area contributed by atoms with Crippen LogP contribution in [0.25, 0.3) is 0 Å². The summed E-state index contributed by atoms with van der Waals surface area (Å²) in [6, 6.07) is 21.2. The van der Waals surface area contributed by atoms with Gasteiger partial charge in [-0.05, 0) is 60.5 Å². The third kappa shape index (κ3) is 5.64. The number of aryl methyl sites for hydroxylation is 1. The fourth-order valence-electron chi connectivity index (χ4n) is 3.18. The minimum Gasteiger partial charge on any atom is -0.378 e. The van der Waals surface area contributed by atoms with Crippen LogP contribution in [0.5, 0.6) is 0 Å². The standard InChI is InChI=1S/C24H27N3O3S/c1-18-7-5-9-21(15-18)25-31(29,30)23-10-6-8-20(16-23)24(28)27(4)17-19-11-13-22(14-12-19)26(2)3/h5-16,25H,17H2,1-4H3. The molecule has 6 nitrogen and oxygen atoms in total. The van der Waals surface area contributed by atoms with E-state index in [1.165, 1.54) is 12.1 Å². The van der Waals surface area contributed by atoms with Gasteiger partial charge < -0.3 is 9.80 Å². The normalized spacial score (nSPS) is 11.1. The zero-order chi connectivity index (χ0) is 22.6. The zero-order valence-electron chi connectivity index (χ0n) is 18.2. The highest BCUT2D eigenvalue weighted by Gasteiger charge is 2.18. The summed E-state index contributed by atoms with van der Waals surface area (Å²) >= 11 is 0. The van der Waals surface area contributed by atoms with Crippen LogP contribution < -0.4 is 9.62 Å². The number of anilines is 2. The Bertz CT molecular complexity index is 1170. The minimum absolute atomic E-state index is 0.0450. The molecule has 0 spiro atoms. The fourth-order valence-corrected chi connectivity index (χ4v) is 4.28. The number of carbonyl (C=O) groups is 1. The van der Waals surface area contributed by atoms with Crippen LogP contribution in [-0.4, -0.2) is 40.4 Å². The number of benzene rings is 3. The summed E-state index contributed by atoms with van der Waals surface area (Å²) in [6.07, 6.45) is 0. The third-order valence-electron chi connectivity index (χ3n) is 4.88. The molecule has 1 amide bonds. The highest BCUT2D eigenvalue weighted by atomic mass is 32.2. The summed E-state index contributed by atoms with van der Waals surface area (Å²) in [5.74, 6) is -0.246. The van der Waals surface area contributed by atoms with Crippen LogP contribution in [0.1, 0.15) is 21.5 Å². The van der Waals surface area contributed by atoms with Gasteiger partial charge in [-0.1, -0.05) is 30.3 Å². The largest absolute Gasteiger partial charge is 0.378 e. The van der Waals surface area contributed by atoms with Crippen molar-refractivity contribution in [3.8, 4) is 0 Å². The lowest BCUT2D eigenvalue weighted by atomic mass is 10.1. The van der Waals surface area contributed by atoms with Gasteiger partial charge in [0.2, 0.25) is 0 Å². The number of rotatable bonds is 7. The molecule has 0 aromatic heterocycles. The predicted molar refractivity (Wildman–Crippen MR) is 125 cm³/mol. The summed E-state index contributed by atoms with van der Waals surface area (Å²) in [5, 5.41) is 0. The van der Waals surface area contributed by atoms with E-state index in [0.717, 1.165) is 16.8 Å². The van der Waals surface area contributed by atoms with Crippen molar-refractivity contribution in [2.24, 2.45) is 0 Å². The van der Waals surface area contributed by atoms with Crippen molar-refractivity contribution in [1.82, 2.24) is 4.90 Å². The summed E-state index contributed by atoms with van der Waals surface area (Å²) in [4.78, 5) is 16.5. The van der Waals surface area contributed by atoms with Gasteiger partial charge in [-0.3, -0.25) is 9.52 Å². The Kier molecular flexibility index (Phi) is 6.65. The second kappa shape index (κ2) is 9.22. The first-order valence-electron chi connectivity index (χ1n) is 9.87. The number of sulfonamides is 1. The van der Waals surface area contributed by atoms with Gasteiger partial charge in [-0.25, -0.2) is 8.42 Å². The Labute approximate surface area is 184 Å². The van der Waals surface area contributed by atoms with Gasteiger partial charge in [0.1, 0.15) is 0 Å². The molecule has 3 rings (SSSR count). The number of nitrogens with zero attached hydrogens (tertiary/aromatic N) is 2. The van der Waals surface area contributed by atoms with E-state index >= 15 is 0 Å². The molecular weight excluding hydrogens is 410 g/mol. The summed E-state index contributed by atoms with van der Waals surface area (Å²) in [7, 11) is 1.84. The van der Waals surface area contributed by atoms with E-state index in [-0.39, 0.29) is 10.8 Å². The molecule has 0 fully saturated rings. The molecule has 0 radical (unpaired) electrons. The Morgan fingerprint density at radius 1 is 0.903 bits per heavy atom. The zero-order valence-corrected chi connectivity index (χ0v) is 19.0. The van der Waals surface area contributed by atoms with Gasteiger partial charge in [0.25, 0.3) is 15.9 Å². The van der Waals surface area contributed by atoms with Crippen molar-refractivity contribution in [3.63, 3.8) is 0 Å². The average Bonchev–Trinajstić information content (AvgIpc) is 2.73. The smallest absolute Gasteiger partial charge is 0.261 e. The molecule has 31 heavy (non-hydrogen) atoms. The number of hydrogen-bond donors (Lipinski definition) is 1. The molecule has 7 heteroatoms. The maximum Gasteiger partial charge on any atom is 0.261 e. The molecule has 0 aliphatic carbocycles. The van der Waals surface area contributed by atoms with Crippen molar-refractivity contribution < 1.29 is 13.2 Å². The molecular formula is C24H27N3O3S. The lowest BCUT2D eigenvalue weighted by molar-refractivity contribution is 0.0785.